The Bertz CT molecular complexity index is 1210. The number of nitrogens with one attached hydrogen (secondary N) is 1. The van der Waals surface area contributed by atoms with E-state index in [2.05, 4.69) is 21.2 Å². The SMILES string of the molecule is CC(C(=O)NC1CCCC1)N(Cc1ccc(Br)cc1)C(=O)CN(c1ccc2c(c1)OCO2)S(C)(=O)=O. The summed E-state index contributed by atoms with van der Waals surface area (Å²) in [5.41, 5.74) is 1.10. The van der Waals surface area contributed by atoms with Gasteiger partial charge in [-0.2, -0.15) is 0 Å². The van der Waals surface area contributed by atoms with Gasteiger partial charge in [0.1, 0.15) is 12.6 Å². The Morgan fingerprint density at radius 1 is 1.08 bits per heavy atom. The van der Waals surface area contributed by atoms with Gasteiger partial charge in [0.25, 0.3) is 0 Å². The first-order valence-electron chi connectivity index (χ1n) is 11.8. The molecule has 11 heteroatoms. The predicted molar refractivity (Wildman–Crippen MR) is 139 cm³/mol. The lowest BCUT2D eigenvalue weighted by molar-refractivity contribution is -0.139. The Balaban J connectivity index is 1.59. The summed E-state index contributed by atoms with van der Waals surface area (Å²) in [7, 11) is -3.82. The summed E-state index contributed by atoms with van der Waals surface area (Å²) in [6.45, 7) is 1.41. The van der Waals surface area contributed by atoms with Crippen molar-refractivity contribution in [3.05, 3.63) is 52.5 Å². The first-order valence-corrected chi connectivity index (χ1v) is 14.5. The molecule has 4 rings (SSSR count). The van der Waals surface area contributed by atoms with Crippen molar-refractivity contribution >= 4 is 43.5 Å². The fraction of sp³-hybridized carbons (Fsp3) is 0.440. The molecule has 9 nitrogen and oxygen atoms in total. The monoisotopic (exact) mass is 579 g/mol. The Morgan fingerprint density at radius 2 is 1.75 bits per heavy atom. The molecule has 0 spiro atoms. The fourth-order valence-corrected chi connectivity index (χ4v) is 5.52. The molecule has 1 saturated carbocycles. The fourth-order valence-electron chi connectivity index (χ4n) is 4.42. The molecular weight excluding hydrogens is 550 g/mol. The van der Waals surface area contributed by atoms with E-state index >= 15 is 0 Å². The van der Waals surface area contributed by atoms with E-state index < -0.39 is 28.5 Å². The second-order valence-corrected chi connectivity index (χ2v) is 11.9. The van der Waals surface area contributed by atoms with Crippen molar-refractivity contribution in [1.29, 1.82) is 0 Å². The number of benzene rings is 2. The number of carbonyl (C=O) groups excluding carboxylic acids is 2. The summed E-state index contributed by atoms with van der Waals surface area (Å²) in [6.07, 6.45) is 5.02. The van der Waals surface area contributed by atoms with Crippen molar-refractivity contribution in [2.45, 2.75) is 51.2 Å². The van der Waals surface area contributed by atoms with Crippen molar-refractivity contribution < 1.29 is 27.5 Å². The maximum atomic E-state index is 13.6. The zero-order valence-electron chi connectivity index (χ0n) is 20.3. The standard InChI is InChI=1S/C25H30BrN3O6S/c1-17(25(31)27-20-5-3-4-6-20)28(14-18-7-9-19(26)10-8-18)24(30)15-29(36(2,32)33)21-11-12-22-23(13-21)35-16-34-22/h7-13,17,20H,3-6,14-16H2,1-2H3,(H,27,31). The molecule has 1 heterocycles. The van der Waals surface area contributed by atoms with E-state index in [1.165, 1.54) is 11.0 Å². The predicted octanol–water partition coefficient (Wildman–Crippen LogP) is 3.42. The van der Waals surface area contributed by atoms with Gasteiger partial charge in [-0.1, -0.05) is 40.9 Å². The maximum Gasteiger partial charge on any atom is 0.244 e. The molecule has 1 atom stereocenters. The van der Waals surface area contributed by atoms with Crippen molar-refractivity contribution in [3.63, 3.8) is 0 Å². The molecule has 1 aliphatic heterocycles. The van der Waals surface area contributed by atoms with Gasteiger partial charge in [-0.15, -0.1) is 0 Å². The van der Waals surface area contributed by atoms with Crippen LogP contribution in [0.5, 0.6) is 11.5 Å². The Hall–Kier alpha value is -2.79. The van der Waals surface area contributed by atoms with Gasteiger partial charge in [0, 0.05) is 23.1 Å². The zero-order valence-corrected chi connectivity index (χ0v) is 22.7. The quantitative estimate of drug-likeness (QED) is 0.488. The minimum Gasteiger partial charge on any atom is -0.454 e. The van der Waals surface area contributed by atoms with Gasteiger partial charge in [0.2, 0.25) is 28.6 Å². The van der Waals surface area contributed by atoms with E-state index in [1.54, 1.807) is 19.1 Å². The first-order chi connectivity index (χ1) is 17.1. The van der Waals surface area contributed by atoms with Gasteiger partial charge in [0.15, 0.2) is 11.5 Å². The van der Waals surface area contributed by atoms with Crippen LogP contribution in [-0.2, 0) is 26.2 Å². The summed E-state index contributed by atoms with van der Waals surface area (Å²) >= 11 is 3.41. The lowest BCUT2D eigenvalue weighted by Gasteiger charge is -2.32. The maximum absolute atomic E-state index is 13.6. The van der Waals surface area contributed by atoms with Gasteiger partial charge in [-0.3, -0.25) is 13.9 Å². The van der Waals surface area contributed by atoms with Gasteiger partial charge < -0.3 is 19.7 Å². The Morgan fingerprint density at radius 3 is 2.42 bits per heavy atom. The highest BCUT2D eigenvalue weighted by atomic mass is 79.9. The van der Waals surface area contributed by atoms with Crippen LogP contribution in [0, 0.1) is 0 Å². The summed E-state index contributed by atoms with van der Waals surface area (Å²) in [6, 6.07) is 11.5. The molecule has 0 saturated heterocycles. The topological polar surface area (TPSA) is 105 Å². The van der Waals surface area contributed by atoms with Gasteiger partial charge in [-0.05, 0) is 49.6 Å². The van der Waals surface area contributed by atoms with Crippen molar-refractivity contribution in [3.8, 4) is 11.5 Å². The number of anilines is 1. The Labute approximate surface area is 219 Å². The van der Waals surface area contributed by atoms with E-state index in [0.717, 1.165) is 46.3 Å². The molecule has 36 heavy (non-hydrogen) atoms. The number of rotatable bonds is 9. The van der Waals surface area contributed by atoms with Crippen LogP contribution < -0.4 is 19.1 Å². The minimum absolute atomic E-state index is 0.0468. The molecule has 2 aliphatic rings. The van der Waals surface area contributed by atoms with Crippen molar-refractivity contribution in [2.75, 3.05) is 23.9 Å². The van der Waals surface area contributed by atoms with Crippen molar-refractivity contribution in [1.82, 2.24) is 10.2 Å². The number of carbonyl (C=O) groups is 2. The highest BCUT2D eigenvalue weighted by molar-refractivity contribution is 9.10. The molecule has 1 aliphatic carbocycles. The highest BCUT2D eigenvalue weighted by Crippen LogP contribution is 2.36. The van der Waals surface area contributed by atoms with Crippen LogP contribution in [0.1, 0.15) is 38.2 Å². The highest BCUT2D eigenvalue weighted by Gasteiger charge is 2.32. The molecule has 2 aromatic carbocycles. The third kappa shape index (κ3) is 6.31. The van der Waals surface area contributed by atoms with Crippen LogP contribution in [0.4, 0.5) is 5.69 Å². The lowest BCUT2D eigenvalue weighted by atomic mass is 10.1. The normalized spacial score (nSPS) is 16.0. The van der Waals surface area contributed by atoms with Crippen LogP contribution in [0.3, 0.4) is 0 Å². The molecular formula is C25H30BrN3O6S. The Kier molecular flexibility index (Phi) is 8.09. The number of amides is 2. The molecule has 1 fully saturated rings. The van der Waals surface area contributed by atoms with Crippen LogP contribution in [0.25, 0.3) is 0 Å². The van der Waals surface area contributed by atoms with E-state index in [0.29, 0.717) is 11.5 Å². The zero-order chi connectivity index (χ0) is 25.9. The minimum atomic E-state index is -3.82. The molecule has 2 aromatic rings. The van der Waals surface area contributed by atoms with E-state index in [4.69, 9.17) is 9.47 Å². The number of halogens is 1. The van der Waals surface area contributed by atoms with E-state index in [1.807, 2.05) is 24.3 Å². The molecule has 1 unspecified atom stereocenters. The van der Waals surface area contributed by atoms with Crippen molar-refractivity contribution in [2.24, 2.45) is 0 Å². The third-order valence-corrected chi connectivity index (χ3v) is 8.13. The van der Waals surface area contributed by atoms with Crippen LogP contribution in [0.2, 0.25) is 0 Å². The average Bonchev–Trinajstić information content (AvgIpc) is 3.52. The number of sulfonamides is 1. The van der Waals surface area contributed by atoms with Crippen LogP contribution >= 0.6 is 15.9 Å². The average molecular weight is 581 g/mol. The molecule has 0 bridgehead atoms. The van der Waals surface area contributed by atoms with Gasteiger partial charge in [-0.25, -0.2) is 8.42 Å². The molecule has 2 amide bonds. The second-order valence-electron chi connectivity index (χ2n) is 9.12. The smallest absolute Gasteiger partial charge is 0.244 e. The number of fused-ring (bicyclic) bond motifs is 1. The van der Waals surface area contributed by atoms with Gasteiger partial charge >= 0.3 is 0 Å². The number of ether oxygens (including phenoxy) is 2. The summed E-state index contributed by atoms with van der Waals surface area (Å²) in [5, 5.41) is 3.05. The summed E-state index contributed by atoms with van der Waals surface area (Å²) in [5.74, 6) is 0.175. The largest absolute Gasteiger partial charge is 0.454 e. The van der Waals surface area contributed by atoms with Gasteiger partial charge in [0.05, 0.1) is 11.9 Å². The number of hydrogen-bond donors (Lipinski definition) is 1. The molecule has 194 valence electrons. The molecule has 0 aromatic heterocycles. The summed E-state index contributed by atoms with van der Waals surface area (Å²) < 4.78 is 38.0. The number of nitrogens with zero attached hydrogens (tertiary/aromatic N) is 2. The van der Waals surface area contributed by atoms with Crippen LogP contribution in [0.15, 0.2) is 46.9 Å². The summed E-state index contributed by atoms with van der Waals surface area (Å²) in [4.78, 5) is 28.2. The molecule has 1 N–H and O–H groups in total. The third-order valence-electron chi connectivity index (χ3n) is 6.46. The van der Waals surface area contributed by atoms with Crippen LogP contribution in [-0.4, -0.2) is 56.8 Å². The molecule has 0 radical (unpaired) electrons. The van der Waals surface area contributed by atoms with E-state index in [9.17, 15) is 18.0 Å². The second kappa shape index (κ2) is 11.1. The lowest BCUT2D eigenvalue weighted by Crippen LogP contribution is -2.52. The van der Waals surface area contributed by atoms with E-state index in [-0.39, 0.29) is 31.0 Å². The first kappa shape index (κ1) is 26.3. The number of hydrogen-bond acceptors (Lipinski definition) is 6.